The van der Waals surface area contributed by atoms with Crippen molar-refractivity contribution in [3.63, 3.8) is 0 Å². The molecule has 0 saturated carbocycles. The Hall–Kier alpha value is -3.08. The fourth-order valence-electron chi connectivity index (χ4n) is 4.01. The van der Waals surface area contributed by atoms with Crippen molar-refractivity contribution < 1.29 is 9.18 Å². The average molecular weight is 389 g/mol. The van der Waals surface area contributed by atoms with E-state index in [9.17, 15) is 9.18 Å². The van der Waals surface area contributed by atoms with Gasteiger partial charge in [-0.2, -0.15) is 0 Å². The summed E-state index contributed by atoms with van der Waals surface area (Å²) in [7, 11) is 0. The maximum absolute atomic E-state index is 14.1. The predicted octanol–water partition coefficient (Wildman–Crippen LogP) is 4.53. The van der Waals surface area contributed by atoms with Crippen molar-refractivity contribution in [2.24, 2.45) is 0 Å². The van der Waals surface area contributed by atoms with Crippen LogP contribution in [0, 0.1) is 12.7 Å². The van der Waals surface area contributed by atoms with Gasteiger partial charge in [0.05, 0.1) is 11.3 Å². The molecule has 1 atom stereocenters. The molecule has 0 radical (unpaired) electrons. The average Bonchev–Trinajstić information content (AvgIpc) is 2.76. The van der Waals surface area contributed by atoms with Crippen LogP contribution in [0.2, 0.25) is 0 Å². The van der Waals surface area contributed by atoms with Crippen molar-refractivity contribution in [2.75, 3.05) is 13.1 Å². The number of likely N-dealkylation sites (tertiary alicyclic amines) is 1. The standard InChI is InChI=1S/C24H24FN3O/c1-17-26-15-20(14-18-8-3-2-4-9-18)23(27-17)19-10-7-13-28(16-19)24(29)21-11-5-6-12-22(21)25/h2-6,8-9,11-12,15,19H,7,10,13-14,16H2,1H3. The number of carbonyl (C=O) groups is 1. The van der Waals surface area contributed by atoms with Gasteiger partial charge in [0.15, 0.2) is 0 Å². The Morgan fingerprint density at radius 3 is 2.69 bits per heavy atom. The van der Waals surface area contributed by atoms with Crippen LogP contribution in [-0.4, -0.2) is 33.9 Å². The van der Waals surface area contributed by atoms with E-state index in [0.29, 0.717) is 13.1 Å². The number of carbonyl (C=O) groups excluding carboxylic acids is 1. The van der Waals surface area contributed by atoms with Gasteiger partial charge in [-0.3, -0.25) is 4.79 Å². The van der Waals surface area contributed by atoms with Crippen molar-refractivity contribution in [1.82, 2.24) is 14.9 Å². The molecule has 1 saturated heterocycles. The SMILES string of the molecule is Cc1ncc(Cc2ccccc2)c(C2CCCN(C(=O)c3ccccc3F)C2)n1. The summed E-state index contributed by atoms with van der Waals surface area (Å²) in [4.78, 5) is 23.8. The summed E-state index contributed by atoms with van der Waals surface area (Å²) >= 11 is 0. The van der Waals surface area contributed by atoms with Gasteiger partial charge in [-0.15, -0.1) is 0 Å². The molecular formula is C24H24FN3O. The summed E-state index contributed by atoms with van der Waals surface area (Å²) < 4.78 is 14.1. The highest BCUT2D eigenvalue weighted by Gasteiger charge is 2.29. The molecule has 0 bridgehead atoms. The molecule has 1 unspecified atom stereocenters. The van der Waals surface area contributed by atoms with Crippen LogP contribution in [0.15, 0.2) is 60.8 Å². The molecule has 1 aliphatic rings. The second kappa shape index (κ2) is 8.52. The minimum absolute atomic E-state index is 0.125. The Labute approximate surface area is 170 Å². The summed E-state index contributed by atoms with van der Waals surface area (Å²) in [5.74, 6) is 0.139. The van der Waals surface area contributed by atoms with Gasteiger partial charge in [-0.1, -0.05) is 42.5 Å². The molecule has 148 valence electrons. The highest BCUT2D eigenvalue weighted by molar-refractivity contribution is 5.94. The first-order chi connectivity index (χ1) is 14.1. The van der Waals surface area contributed by atoms with Crippen LogP contribution in [0.3, 0.4) is 0 Å². The Bertz CT molecular complexity index is 1010. The molecule has 1 amide bonds. The largest absolute Gasteiger partial charge is 0.338 e. The van der Waals surface area contributed by atoms with E-state index in [1.165, 1.54) is 11.6 Å². The topological polar surface area (TPSA) is 46.1 Å². The minimum Gasteiger partial charge on any atom is -0.338 e. The van der Waals surface area contributed by atoms with Crippen molar-refractivity contribution in [3.8, 4) is 0 Å². The van der Waals surface area contributed by atoms with Crippen LogP contribution in [-0.2, 0) is 6.42 Å². The van der Waals surface area contributed by atoms with Crippen molar-refractivity contribution in [3.05, 3.63) is 94.8 Å². The van der Waals surface area contributed by atoms with Crippen LogP contribution in [0.25, 0.3) is 0 Å². The summed E-state index contributed by atoms with van der Waals surface area (Å²) in [6.45, 7) is 3.08. The maximum Gasteiger partial charge on any atom is 0.256 e. The van der Waals surface area contributed by atoms with E-state index in [1.54, 1.807) is 23.1 Å². The molecule has 29 heavy (non-hydrogen) atoms. The molecule has 2 aromatic carbocycles. The third kappa shape index (κ3) is 4.34. The predicted molar refractivity (Wildman–Crippen MR) is 110 cm³/mol. The zero-order valence-electron chi connectivity index (χ0n) is 16.5. The Morgan fingerprint density at radius 1 is 1.14 bits per heavy atom. The van der Waals surface area contributed by atoms with Crippen molar-refractivity contribution in [2.45, 2.75) is 32.1 Å². The number of piperidine rings is 1. The first-order valence-electron chi connectivity index (χ1n) is 10.0. The normalized spacial score (nSPS) is 16.6. The van der Waals surface area contributed by atoms with E-state index in [-0.39, 0.29) is 17.4 Å². The number of rotatable bonds is 4. The molecule has 0 spiro atoms. The molecule has 1 fully saturated rings. The fraction of sp³-hybridized carbons (Fsp3) is 0.292. The van der Waals surface area contributed by atoms with Gasteiger partial charge >= 0.3 is 0 Å². The first kappa shape index (κ1) is 19.2. The van der Waals surface area contributed by atoms with Gasteiger partial charge in [0.25, 0.3) is 5.91 Å². The highest BCUT2D eigenvalue weighted by Crippen LogP contribution is 2.30. The monoisotopic (exact) mass is 389 g/mol. The fourth-order valence-corrected chi connectivity index (χ4v) is 4.01. The first-order valence-corrected chi connectivity index (χ1v) is 10.0. The Kier molecular flexibility index (Phi) is 5.65. The quantitative estimate of drug-likeness (QED) is 0.658. The number of benzene rings is 2. The van der Waals surface area contributed by atoms with Crippen LogP contribution >= 0.6 is 0 Å². The molecule has 1 aromatic heterocycles. The smallest absolute Gasteiger partial charge is 0.256 e. The van der Waals surface area contributed by atoms with E-state index in [0.717, 1.165) is 36.3 Å². The molecular weight excluding hydrogens is 365 g/mol. The van der Waals surface area contributed by atoms with Crippen LogP contribution in [0.4, 0.5) is 4.39 Å². The summed E-state index contributed by atoms with van der Waals surface area (Å²) in [5.41, 5.74) is 3.44. The lowest BCUT2D eigenvalue weighted by atomic mass is 9.89. The van der Waals surface area contributed by atoms with E-state index in [2.05, 4.69) is 17.1 Å². The third-order valence-corrected chi connectivity index (χ3v) is 5.46. The van der Waals surface area contributed by atoms with Gasteiger partial charge in [-0.05, 0) is 43.0 Å². The van der Waals surface area contributed by atoms with Crippen LogP contribution in [0.1, 0.15) is 51.8 Å². The molecule has 0 aliphatic carbocycles. The third-order valence-electron chi connectivity index (χ3n) is 5.46. The van der Waals surface area contributed by atoms with Gasteiger partial charge < -0.3 is 4.90 Å². The number of hydrogen-bond acceptors (Lipinski definition) is 3. The maximum atomic E-state index is 14.1. The molecule has 0 N–H and O–H groups in total. The summed E-state index contributed by atoms with van der Waals surface area (Å²) in [6.07, 6.45) is 4.49. The zero-order valence-corrected chi connectivity index (χ0v) is 16.5. The number of hydrogen-bond donors (Lipinski definition) is 0. The van der Waals surface area contributed by atoms with Gasteiger partial charge in [-0.25, -0.2) is 14.4 Å². The van der Waals surface area contributed by atoms with Crippen molar-refractivity contribution in [1.29, 1.82) is 0 Å². The van der Waals surface area contributed by atoms with E-state index >= 15 is 0 Å². The molecule has 2 heterocycles. The molecule has 1 aliphatic heterocycles. The van der Waals surface area contributed by atoms with Crippen LogP contribution < -0.4 is 0 Å². The molecule has 3 aromatic rings. The molecule has 4 rings (SSSR count). The molecule has 5 heteroatoms. The van der Waals surface area contributed by atoms with Crippen molar-refractivity contribution >= 4 is 5.91 Å². The molecule has 4 nitrogen and oxygen atoms in total. The lowest BCUT2D eigenvalue weighted by Gasteiger charge is -2.33. The van der Waals surface area contributed by atoms with E-state index < -0.39 is 5.82 Å². The number of aryl methyl sites for hydroxylation is 1. The second-order valence-corrected chi connectivity index (χ2v) is 7.56. The Morgan fingerprint density at radius 2 is 1.90 bits per heavy atom. The highest BCUT2D eigenvalue weighted by atomic mass is 19.1. The number of amides is 1. The van der Waals surface area contributed by atoms with E-state index in [1.807, 2.05) is 31.3 Å². The van der Waals surface area contributed by atoms with Gasteiger partial charge in [0, 0.05) is 31.6 Å². The summed E-state index contributed by atoms with van der Waals surface area (Å²) in [6, 6.07) is 16.4. The number of aromatic nitrogens is 2. The van der Waals surface area contributed by atoms with Gasteiger partial charge in [0.2, 0.25) is 0 Å². The Balaban J connectivity index is 1.59. The number of halogens is 1. The van der Waals surface area contributed by atoms with Crippen LogP contribution in [0.5, 0.6) is 0 Å². The zero-order chi connectivity index (χ0) is 20.2. The van der Waals surface area contributed by atoms with Gasteiger partial charge in [0.1, 0.15) is 11.6 Å². The number of nitrogens with zero attached hydrogens (tertiary/aromatic N) is 3. The minimum atomic E-state index is -0.470. The second-order valence-electron chi connectivity index (χ2n) is 7.56. The summed E-state index contributed by atoms with van der Waals surface area (Å²) in [5, 5.41) is 0. The van der Waals surface area contributed by atoms with E-state index in [4.69, 9.17) is 4.98 Å². The lowest BCUT2D eigenvalue weighted by molar-refractivity contribution is 0.0701. The lowest BCUT2D eigenvalue weighted by Crippen LogP contribution is -2.40.